The van der Waals surface area contributed by atoms with Crippen LogP contribution < -0.4 is 5.32 Å². The number of hydrogen-bond donors (Lipinski definition) is 1. The van der Waals surface area contributed by atoms with Crippen molar-refractivity contribution in [2.45, 2.75) is 45.2 Å². The number of pyridine rings is 1. The van der Waals surface area contributed by atoms with Crippen molar-refractivity contribution in [1.82, 2.24) is 10.3 Å². The van der Waals surface area contributed by atoms with Crippen molar-refractivity contribution < 1.29 is 22.4 Å². The van der Waals surface area contributed by atoms with Crippen LogP contribution in [0, 0.1) is 5.82 Å². The van der Waals surface area contributed by atoms with E-state index in [4.69, 9.17) is 11.6 Å². The number of carbonyl (C=O) groups is 1. The Hall–Kier alpha value is -3.19. The standard InChI is InChI=1S/C22H18ClF4N.C5H9NO/c1-21(12-15-5-3-2-4-6-15,20-8-7-18(23)14-28-20)13-16-9-17(22(25,26)27)11-19(24)10-16;1-4(2)6-5(3)7/h2-11,14H,12-13H2,1H3;1H2,2-3H3,(H,6,7)/t21-;/m0./s1. The Morgan fingerprint density at radius 1 is 1.00 bits per heavy atom. The number of rotatable bonds is 6. The second-order valence-corrected chi connectivity index (χ2v) is 9.01. The molecule has 0 unspecified atom stereocenters. The van der Waals surface area contributed by atoms with Gasteiger partial charge in [-0.15, -0.1) is 0 Å². The lowest BCUT2D eigenvalue weighted by Gasteiger charge is -2.30. The van der Waals surface area contributed by atoms with Crippen molar-refractivity contribution in [3.05, 3.63) is 112 Å². The number of alkyl halides is 3. The third-order valence-electron chi connectivity index (χ3n) is 5.05. The SMILES string of the molecule is C=C(C)NC(C)=O.C[C@](Cc1ccccc1)(Cc1cc(F)cc(C(F)(F)F)c1)c1ccc(Cl)cn1. The third-order valence-corrected chi connectivity index (χ3v) is 5.28. The Morgan fingerprint density at radius 2 is 1.63 bits per heavy atom. The van der Waals surface area contributed by atoms with E-state index in [1.54, 1.807) is 19.1 Å². The summed E-state index contributed by atoms with van der Waals surface area (Å²) in [7, 11) is 0. The zero-order valence-electron chi connectivity index (χ0n) is 19.7. The molecule has 1 aromatic heterocycles. The molecule has 3 nitrogen and oxygen atoms in total. The number of nitrogens with one attached hydrogen (secondary N) is 1. The van der Waals surface area contributed by atoms with Crippen LogP contribution in [0.25, 0.3) is 0 Å². The van der Waals surface area contributed by atoms with Gasteiger partial charge in [-0.2, -0.15) is 13.2 Å². The summed E-state index contributed by atoms with van der Waals surface area (Å²) >= 11 is 5.94. The van der Waals surface area contributed by atoms with Gasteiger partial charge in [0.05, 0.1) is 10.6 Å². The zero-order valence-corrected chi connectivity index (χ0v) is 20.5. The van der Waals surface area contributed by atoms with E-state index in [-0.39, 0.29) is 17.9 Å². The first-order valence-corrected chi connectivity index (χ1v) is 11.1. The van der Waals surface area contributed by atoms with Crippen molar-refractivity contribution >= 4 is 17.5 Å². The van der Waals surface area contributed by atoms with Crippen LogP contribution in [0.5, 0.6) is 0 Å². The van der Waals surface area contributed by atoms with E-state index < -0.39 is 23.0 Å². The number of hydrogen-bond acceptors (Lipinski definition) is 2. The Kier molecular flexibility index (Phi) is 9.60. The fraction of sp³-hybridized carbons (Fsp3) is 0.259. The highest BCUT2D eigenvalue weighted by Gasteiger charge is 2.33. The molecule has 0 aliphatic heterocycles. The minimum absolute atomic E-state index is 0.0625. The number of benzene rings is 2. The van der Waals surface area contributed by atoms with Gasteiger partial charge in [0.15, 0.2) is 0 Å². The summed E-state index contributed by atoms with van der Waals surface area (Å²) in [6, 6.07) is 15.7. The number of carbonyl (C=O) groups excluding carboxylic acids is 1. The van der Waals surface area contributed by atoms with Crippen molar-refractivity contribution in [2.24, 2.45) is 0 Å². The smallest absolute Gasteiger partial charge is 0.331 e. The molecule has 35 heavy (non-hydrogen) atoms. The van der Waals surface area contributed by atoms with Gasteiger partial charge in [-0.05, 0) is 61.2 Å². The Labute approximate surface area is 207 Å². The average Bonchev–Trinajstić information content (AvgIpc) is 2.73. The second kappa shape index (κ2) is 12.0. The quantitative estimate of drug-likeness (QED) is 0.357. The van der Waals surface area contributed by atoms with Crippen molar-refractivity contribution in [2.75, 3.05) is 0 Å². The summed E-state index contributed by atoms with van der Waals surface area (Å²) < 4.78 is 53.2. The van der Waals surface area contributed by atoms with Crippen molar-refractivity contribution in [3.8, 4) is 0 Å². The highest BCUT2D eigenvalue weighted by atomic mass is 35.5. The van der Waals surface area contributed by atoms with E-state index in [2.05, 4.69) is 16.9 Å². The number of amides is 1. The summed E-state index contributed by atoms with van der Waals surface area (Å²) in [5.74, 6) is -0.969. The molecule has 0 aliphatic rings. The van der Waals surface area contributed by atoms with Gasteiger partial charge in [-0.25, -0.2) is 4.39 Å². The van der Waals surface area contributed by atoms with Crippen LogP contribution in [0.2, 0.25) is 5.02 Å². The van der Waals surface area contributed by atoms with E-state index in [0.29, 0.717) is 28.9 Å². The number of allylic oxidation sites excluding steroid dienone is 1. The maximum Gasteiger partial charge on any atom is 0.416 e. The van der Waals surface area contributed by atoms with Crippen molar-refractivity contribution in [1.29, 1.82) is 0 Å². The topological polar surface area (TPSA) is 42.0 Å². The maximum absolute atomic E-state index is 13.9. The zero-order chi connectivity index (χ0) is 26.2. The molecule has 3 aromatic rings. The summed E-state index contributed by atoms with van der Waals surface area (Å²) in [6.07, 6.45) is -2.38. The van der Waals surface area contributed by atoms with Gasteiger partial charge in [-0.1, -0.05) is 55.4 Å². The molecule has 0 spiro atoms. The Balaban J connectivity index is 0.000000540. The van der Waals surface area contributed by atoms with Gasteiger partial charge >= 0.3 is 6.18 Å². The normalized spacial score (nSPS) is 12.7. The average molecular weight is 507 g/mol. The molecule has 1 atom stereocenters. The van der Waals surface area contributed by atoms with Crippen LogP contribution in [0.3, 0.4) is 0 Å². The number of halogens is 5. The molecule has 1 amide bonds. The fourth-order valence-electron chi connectivity index (χ4n) is 3.69. The van der Waals surface area contributed by atoms with Crippen LogP contribution in [0.1, 0.15) is 43.2 Å². The molecule has 2 aromatic carbocycles. The molecular formula is C27H27ClF4N2O. The Morgan fingerprint density at radius 3 is 2.11 bits per heavy atom. The van der Waals surface area contributed by atoms with Crippen LogP contribution >= 0.6 is 11.6 Å². The third kappa shape index (κ3) is 9.17. The highest BCUT2D eigenvalue weighted by Crippen LogP contribution is 2.35. The first-order chi connectivity index (χ1) is 16.3. The van der Waals surface area contributed by atoms with Gasteiger partial charge in [0.2, 0.25) is 5.91 Å². The maximum atomic E-state index is 13.9. The van der Waals surface area contributed by atoms with E-state index in [1.807, 2.05) is 37.3 Å². The summed E-state index contributed by atoms with van der Waals surface area (Å²) in [4.78, 5) is 14.5. The van der Waals surface area contributed by atoms with Crippen LogP contribution in [0.15, 0.2) is 79.1 Å². The molecule has 1 N–H and O–H groups in total. The molecule has 0 saturated heterocycles. The van der Waals surface area contributed by atoms with E-state index in [0.717, 1.165) is 17.7 Å². The molecule has 0 fully saturated rings. The molecule has 0 aliphatic carbocycles. The molecule has 3 rings (SSSR count). The largest absolute Gasteiger partial charge is 0.416 e. The lowest BCUT2D eigenvalue weighted by molar-refractivity contribution is -0.137. The predicted molar refractivity (Wildman–Crippen MR) is 130 cm³/mol. The first kappa shape index (κ1) is 28.1. The molecule has 8 heteroatoms. The van der Waals surface area contributed by atoms with Crippen molar-refractivity contribution in [3.63, 3.8) is 0 Å². The monoisotopic (exact) mass is 506 g/mol. The first-order valence-electron chi connectivity index (χ1n) is 10.7. The highest BCUT2D eigenvalue weighted by molar-refractivity contribution is 6.30. The van der Waals surface area contributed by atoms with Gasteiger partial charge in [0.1, 0.15) is 5.82 Å². The predicted octanol–water partition coefficient (Wildman–Crippen LogP) is 7.29. The molecule has 1 heterocycles. The number of nitrogens with zero attached hydrogens (tertiary/aromatic N) is 1. The lowest BCUT2D eigenvalue weighted by Crippen LogP contribution is -2.29. The fourth-order valence-corrected chi connectivity index (χ4v) is 3.80. The Bertz CT molecular complexity index is 1140. The summed E-state index contributed by atoms with van der Waals surface area (Å²) in [6.45, 7) is 8.57. The summed E-state index contributed by atoms with van der Waals surface area (Å²) in [5.41, 5.74) is 0.999. The molecule has 186 valence electrons. The summed E-state index contributed by atoms with van der Waals surface area (Å²) in [5, 5.41) is 2.94. The van der Waals surface area contributed by atoms with E-state index in [1.165, 1.54) is 13.1 Å². The molecule has 0 saturated carbocycles. The van der Waals surface area contributed by atoms with Gasteiger partial charge in [0, 0.05) is 29.9 Å². The second-order valence-electron chi connectivity index (χ2n) is 8.57. The number of aromatic nitrogens is 1. The lowest BCUT2D eigenvalue weighted by atomic mass is 9.75. The van der Waals surface area contributed by atoms with Gasteiger partial charge < -0.3 is 5.32 Å². The van der Waals surface area contributed by atoms with E-state index in [9.17, 15) is 22.4 Å². The minimum Gasteiger partial charge on any atom is -0.331 e. The van der Waals surface area contributed by atoms with Crippen LogP contribution in [-0.4, -0.2) is 10.9 Å². The van der Waals surface area contributed by atoms with Crippen LogP contribution in [-0.2, 0) is 29.2 Å². The molecule has 0 bridgehead atoms. The minimum atomic E-state index is -4.61. The van der Waals surface area contributed by atoms with Gasteiger partial charge in [-0.3, -0.25) is 9.78 Å². The van der Waals surface area contributed by atoms with E-state index >= 15 is 0 Å². The molecule has 0 radical (unpaired) electrons. The van der Waals surface area contributed by atoms with Gasteiger partial charge in [0.25, 0.3) is 0 Å². The molecular weight excluding hydrogens is 480 g/mol. The van der Waals surface area contributed by atoms with Crippen LogP contribution in [0.4, 0.5) is 17.6 Å².